The Labute approximate surface area is 178 Å². The van der Waals surface area contributed by atoms with Crippen LogP contribution < -0.4 is 5.32 Å². The molecule has 28 heavy (non-hydrogen) atoms. The molecule has 0 heterocycles. The van der Waals surface area contributed by atoms with E-state index in [1.54, 1.807) is 27.7 Å². The maximum absolute atomic E-state index is 12.6. The molecule has 0 aromatic heterocycles. The molecule has 0 spiro atoms. The number of alkyl carbamates (subject to hydrolysis) is 1. The van der Waals surface area contributed by atoms with Gasteiger partial charge in [-0.3, -0.25) is 0 Å². The van der Waals surface area contributed by atoms with Crippen molar-refractivity contribution in [1.82, 2.24) is 5.32 Å². The van der Waals surface area contributed by atoms with Crippen LogP contribution in [0, 0.1) is 0 Å². The van der Waals surface area contributed by atoms with Gasteiger partial charge >= 0.3 is 12.1 Å². The first-order valence-corrected chi connectivity index (χ1v) is 13.2. The highest BCUT2D eigenvalue weighted by molar-refractivity contribution is 9.11. The summed E-state index contributed by atoms with van der Waals surface area (Å²) in [6.07, 6.45) is 3.95. The fourth-order valence-electron chi connectivity index (χ4n) is 2.12. The van der Waals surface area contributed by atoms with Gasteiger partial charge in [0.25, 0.3) is 0 Å². The molecule has 0 saturated heterocycles. The Kier molecular flexibility index (Phi) is 8.13. The molecule has 0 saturated carbocycles. The molecule has 0 aromatic rings. The molecule has 6 nitrogen and oxygen atoms in total. The first kappa shape index (κ1) is 24.9. The van der Waals surface area contributed by atoms with E-state index in [4.69, 9.17) is 13.9 Å². The molecule has 1 N–H and O–H groups in total. The lowest BCUT2D eigenvalue weighted by atomic mass is 10.1. The van der Waals surface area contributed by atoms with E-state index in [0.717, 1.165) is 4.48 Å². The van der Waals surface area contributed by atoms with Crippen LogP contribution in [0.1, 0.15) is 48.5 Å². The van der Waals surface area contributed by atoms with Crippen molar-refractivity contribution in [2.75, 3.05) is 0 Å². The molecule has 0 radical (unpaired) electrons. The Balaban J connectivity index is 2.82. The minimum atomic E-state index is -2.08. The second-order valence-electron chi connectivity index (χ2n) is 9.50. The van der Waals surface area contributed by atoms with E-state index in [1.165, 1.54) is 0 Å². The van der Waals surface area contributed by atoms with Gasteiger partial charge in [0.2, 0.25) is 0 Å². The second kappa shape index (κ2) is 9.13. The summed E-state index contributed by atoms with van der Waals surface area (Å²) in [6.45, 7) is 17.6. The van der Waals surface area contributed by atoms with Gasteiger partial charge in [0, 0.05) is 4.48 Å². The minimum Gasteiger partial charge on any atom is -0.452 e. The van der Waals surface area contributed by atoms with Crippen molar-refractivity contribution in [3.63, 3.8) is 0 Å². The van der Waals surface area contributed by atoms with Gasteiger partial charge in [0.05, 0.1) is 0 Å². The number of hydrogen-bond donors (Lipinski definition) is 1. The normalized spacial score (nSPS) is 21.6. The lowest BCUT2D eigenvalue weighted by Gasteiger charge is -2.41. The monoisotopic (exact) mass is 475 g/mol. The third kappa shape index (κ3) is 7.37. The van der Waals surface area contributed by atoms with E-state index < -0.39 is 44.2 Å². The summed E-state index contributed by atoms with van der Waals surface area (Å²) in [5, 5.41) is 2.53. The van der Waals surface area contributed by atoms with E-state index in [9.17, 15) is 9.59 Å². The van der Waals surface area contributed by atoms with E-state index in [1.807, 2.05) is 18.2 Å². The Morgan fingerprint density at radius 2 is 1.75 bits per heavy atom. The molecule has 1 rings (SSSR count). The third-order valence-corrected chi connectivity index (χ3v) is 9.88. The van der Waals surface area contributed by atoms with Gasteiger partial charge in [-0.2, -0.15) is 0 Å². The van der Waals surface area contributed by atoms with Crippen molar-refractivity contribution in [3.8, 4) is 0 Å². The van der Waals surface area contributed by atoms with Crippen molar-refractivity contribution in [1.29, 1.82) is 0 Å². The number of nitrogens with one attached hydrogen (secondary N) is 1. The van der Waals surface area contributed by atoms with Gasteiger partial charge in [-0.1, -0.05) is 48.9 Å². The fourth-order valence-corrected chi connectivity index (χ4v) is 3.86. The highest BCUT2D eigenvalue weighted by Crippen LogP contribution is 2.39. The summed E-state index contributed by atoms with van der Waals surface area (Å²) in [6, 6.07) is -0.852. The van der Waals surface area contributed by atoms with Crippen molar-refractivity contribution < 1.29 is 23.5 Å². The number of carbonyl (C=O) groups is 2. The van der Waals surface area contributed by atoms with Crippen LogP contribution in [0.4, 0.5) is 4.79 Å². The van der Waals surface area contributed by atoms with E-state index >= 15 is 0 Å². The predicted octanol–water partition coefficient (Wildman–Crippen LogP) is 5.05. The second-order valence-corrected chi connectivity index (χ2v) is 15.2. The zero-order valence-corrected chi connectivity index (χ0v) is 21.0. The lowest BCUT2D eigenvalue weighted by molar-refractivity contribution is -0.152. The van der Waals surface area contributed by atoms with Gasteiger partial charge < -0.3 is 19.2 Å². The molecule has 0 aromatic carbocycles. The Morgan fingerprint density at radius 1 is 1.18 bits per heavy atom. The van der Waals surface area contributed by atoms with Crippen LogP contribution in [0.5, 0.6) is 0 Å². The Hall–Kier alpha value is -1.12. The summed E-state index contributed by atoms with van der Waals surface area (Å²) in [5.74, 6) is -0.555. The van der Waals surface area contributed by atoms with Crippen LogP contribution in [-0.2, 0) is 18.7 Å². The zero-order valence-electron chi connectivity index (χ0n) is 18.4. The smallest absolute Gasteiger partial charge is 0.408 e. The summed E-state index contributed by atoms with van der Waals surface area (Å²) < 4.78 is 18.0. The summed E-state index contributed by atoms with van der Waals surface area (Å²) in [4.78, 5) is 24.5. The molecule has 0 fully saturated rings. The molecule has 3 atom stereocenters. The molecule has 1 aliphatic rings. The molecule has 8 heteroatoms. The molecule has 160 valence electrons. The third-order valence-electron chi connectivity index (χ3n) is 4.69. The predicted molar refractivity (Wildman–Crippen MR) is 117 cm³/mol. The summed E-state index contributed by atoms with van der Waals surface area (Å²) >= 11 is 3.48. The van der Waals surface area contributed by atoms with Crippen LogP contribution in [0.15, 0.2) is 22.7 Å². The molecule has 0 unspecified atom stereocenters. The van der Waals surface area contributed by atoms with E-state index in [0.29, 0.717) is 0 Å². The first-order chi connectivity index (χ1) is 12.5. The number of esters is 1. The van der Waals surface area contributed by atoms with Crippen molar-refractivity contribution in [2.24, 2.45) is 0 Å². The zero-order chi connectivity index (χ0) is 21.9. The van der Waals surface area contributed by atoms with E-state index in [-0.39, 0.29) is 5.04 Å². The SMILES string of the molecule is C[C@@H](NC(=O)OC(C)(C)C)C(=O)O[C@@H]1C(Br)=CC=C[C@@H]1O[Si](C)(C)C(C)(C)C. The number of halogens is 1. The number of rotatable bonds is 5. The first-order valence-electron chi connectivity index (χ1n) is 9.45. The Morgan fingerprint density at radius 3 is 2.25 bits per heavy atom. The van der Waals surface area contributed by atoms with Crippen molar-refractivity contribution in [3.05, 3.63) is 22.7 Å². The molecule has 0 aliphatic heterocycles. The minimum absolute atomic E-state index is 0.0224. The number of hydrogen-bond acceptors (Lipinski definition) is 5. The highest BCUT2D eigenvalue weighted by atomic mass is 79.9. The fraction of sp³-hybridized carbons (Fsp3) is 0.700. The van der Waals surface area contributed by atoms with Crippen molar-refractivity contribution >= 4 is 36.3 Å². The molecule has 0 bridgehead atoms. The molecular formula is C20H34BrNO5Si. The maximum atomic E-state index is 12.6. The summed E-state index contributed by atoms with van der Waals surface area (Å²) in [5.41, 5.74) is -0.643. The lowest BCUT2D eigenvalue weighted by Crippen LogP contribution is -2.49. The number of carbonyl (C=O) groups excluding carboxylic acids is 2. The highest BCUT2D eigenvalue weighted by Gasteiger charge is 2.42. The standard InChI is InChI=1S/C20H34BrNO5Si/c1-13(22-18(24)26-19(2,3)4)17(23)25-16-14(21)11-10-12-15(16)27-28(8,9)20(5,6)7/h10-13,15-16H,1-9H3,(H,22,24)/t13-,15+,16-/m1/s1. The van der Waals surface area contributed by atoms with Crippen LogP contribution >= 0.6 is 15.9 Å². The van der Waals surface area contributed by atoms with Gasteiger partial charge in [0.15, 0.2) is 14.4 Å². The summed E-state index contributed by atoms with van der Waals surface area (Å²) in [7, 11) is -2.08. The van der Waals surface area contributed by atoms with Gasteiger partial charge in [-0.15, -0.1) is 0 Å². The van der Waals surface area contributed by atoms with Crippen LogP contribution in [0.2, 0.25) is 18.1 Å². The van der Waals surface area contributed by atoms with E-state index in [2.05, 4.69) is 55.1 Å². The Bertz CT molecular complexity index is 646. The maximum Gasteiger partial charge on any atom is 0.408 e. The number of ether oxygens (including phenoxy) is 2. The molecular weight excluding hydrogens is 442 g/mol. The topological polar surface area (TPSA) is 73.9 Å². The number of amides is 1. The van der Waals surface area contributed by atoms with Gasteiger partial charge in [-0.25, -0.2) is 9.59 Å². The van der Waals surface area contributed by atoms with Crippen LogP contribution in [0.25, 0.3) is 0 Å². The largest absolute Gasteiger partial charge is 0.452 e. The number of allylic oxidation sites excluding steroid dienone is 2. The van der Waals surface area contributed by atoms with Crippen LogP contribution in [0.3, 0.4) is 0 Å². The van der Waals surface area contributed by atoms with Gasteiger partial charge in [0.1, 0.15) is 17.7 Å². The van der Waals surface area contributed by atoms with Crippen molar-refractivity contribution in [2.45, 2.75) is 90.4 Å². The quantitative estimate of drug-likeness (QED) is 0.444. The van der Waals surface area contributed by atoms with Gasteiger partial charge in [-0.05, 0) is 51.9 Å². The molecule has 1 aliphatic carbocycles. The molecule has 1 amide bonds. The van der Waals surface area contributed by atoms with Crippen LogP contribution in [-0.4, -0.2) is 44.2 Å². The average molecular weight is 476 g/mol. The average Bonchev–Trinajstić information content (AvgIpc) is 2.47.